The van der Waals surface area contributed by atoms with Crippen molar-refractivity contribution in [3.8, 4) is 0 Å². The molecule has 0 aliphatic heterocycles. The molecule has 0 aromatic carbocycles. The fourth-order valence-electron chi connectivity index (χ4n) is 4.59. The standard InChI is InChI=1S/C12H20N2O.ClH/c1-7(15)14-12-4-8-2-9(5-12)11(13)10(3-8)6-12;/h8-11H,2-6,13H2,1H3,(H,14,15);1H/t8?,9-,10?,11?,12?;/m0./s1. The van der Waals surface area contributed by atoms with Crippen molar-refractivity contribution in [3.63, 3.8) is 0 Å². The smallest absolute Gasteiger partial charge is 0.217 e. The van der Waals surface area contributed by atoms with Gasteiger partial charge in [-0.25, -0.2) is 0 Å². The minimum Gasteiger partial charge on any atom is -0.351 e. The summed E-state index contributed by atoms with van der Waals surface area (Å²) in [4.78, 5) is 11.3. The van der Waals surface area contributed by atoms with Crippen LogP contribution in [-0.2, 0) is 4.79 Å². The van der Waals surface area contributed by atoms with Gasteiger partial charge in [-0.3, -0.25) is 4.79 Å². The van der Waals surface area contributed by atoms with Gasteiger partial charge in [0.2, 0.25) is 5.91 Å². The first-order valence-electron chi connectivity index (χ1n) is 6.12. The predicted molar refractivity (Wildman–Crippen MR) is 65.3 cm³/mol. The van der Waals surface area contributed by atoms with E-state index in [9.17, 15) is 4.79 Å². The van der Waals surface area contributed by atoms with E-state index in [-0.39, 0.29) is 23.9 Å². The average molecular weight is 245 g/mol. The lowest BCUT2D eigenvalue weighted by molar-refractivity contribution is -0.125. The summed E-state index contributed by atoms with van der Waals surface area (Å²) in [6, 6.07) is 0.406. The summed E-state index contributed by atoms with van der Waals surface area (Å²) in [6.45, 7) is 1.64. The molecule has 0 heterocycles. The first kappa shape index (κ1) is 12.2. The molecule has 0 aromatic heterocycles. The van der Waals surface area contributed by atoms with Crippen molar-refractivity contribution >= 4 is 18.3 Å². The minimum atomic E-state index is 0. The second-order valence-electron chi connectivity index (χ2n) is 6.01. The van der Waals surface area contributed by atoms with Gasteiger partial charge in [-0.15, -0.1) is 12.4 Å². The monoisotopic (exact) mass is 244 g/mol. The summed E-state index contributed by atoms with van der Waals surface area (Å²) in [5.74, 6) is 2.30. The Morgan fingerprint density at radius 1 is 1.25 bits per heavy atom. The van der Waals surface area contributed by atoms with Crippen LogP contribution >= 0.6 is 12.4 Å². The van der Waals surface area contributed by atoms with E-state index in [1.807, 2.05) is 0 Å². The van der Waals surface area contributed by atoms with Crippen LogP contribution in [0.15, 0.2) is 0 Å². The number of hydrogen-bond donors (Lipinski definition) is 2. The van der Waals surface area contributed by atoms with Gasteiger partial charge in [0.25, 0.3) is 0 Å². The summed E-state index contributed by atoms with van der Waals surface area (Å²) >= 11 is 0. The van der Waals surface area contributed by atoms with Crippen LogP contribution in [0.25, 0.3) is 0 Å². The number of rotatable bonds is 1. The molecule has 16 heavy (non-hydrogen) atoms. The van der Waals surface area contributed by atoms with Gasteiger partial charge in [0.15, 0.2) is 0 Å². The highest BCUT2D eigenvalue weighted by Gasteiger charge is 2.54. The fraction of sp³-hybridized carbons (Fsp3) is 0.917. The Hall–Kier alpha value is -0.280. The Labute approximate surface area is 103 Å². The lowest BCUT2D eigenvalue weighted by Crippen LogP contribution is -2.65. The van der Waals surface area contributed by atoms with E-state index >= 15 is 0 Å². The first-order chi connectivity index (χ1) is 7.08. The Morgan fingerprint density at radius 2 is 1.81 bits per heavy atom. The average Bonchev–Trinajstić information content (AvgIpc) is 2.10. The van der Waals surface area contributed by atoms with E-state index < -0.39 is 0 Å². The molecule has 4 unspecified atom stereocenters. The molecule has 0 spiro atoms. The van der Waals surface area contributed by atoms with E-state index in [2.05, 4.69) is 5.32 Å². The molecule has 0 saturated heterocycles. The first-order valence-corrected chi connectivity index (χ1v) is 6.12. The molecule has 1 amide bonds. The molecule has 92 valence electrons. The largest absolute Gasteiger partial charge is 0.351 e. The van der Waals surface area contributed by atoms with E-state index in [4.69, 9.17) is 5.73 Å². The number of carbonyl (C=O) groups excluding carboxylic acids is 1. The third-order valence-corrected chi connectivity index (χ3v) is 4.79. The topological polar surface area (TPSA) is 55.1 Å². The van der Waals surface area contributed by atoms with Crippen molar-refractivity contribution in [2.45, 2.75) is 50.6 Å². The molecular weight excluding hydrogens is 224 g/mol. The third-order valence-electron chi connectivity index (χ3n) is 4.79. The Morgan fingerprint density at radius 3 is 2.31 bits per heavy atom. The van der Waals surface area contributed by atoms with Crippen molar-refractivity contribution in [2.75, 3.05) is 0 Å². The Bertz CT molecular complexity index is 291. The molecule has 5 atom stereocenters. The number of nitrogens with two attached hydrogens (primary N) is 1. The van der Waals surface area contributed by atoms with Gasteiger partial charge < -0.3 is 11.1 Å². The summed E-state index contributed by atoms with van der Waals surface area (Å²) in [6.07, 6.45) is 6.06. The number of carbonyl (C=O) groups is 1. The second kappa shape index (κ2) is 3.88. The van der Waals surface area contributed by atoms with Crippen LogP contribution in [0.1, 0.15) is 39.0 Å². The lowest BCUT2D eigenvalue weighted by atomic mass is 9.51. The van der Waals surface area contributed by atoms with Crippen LogP contribution < -0.4 is 11.1 Å². The van der Waals surface area contributed by atoms with Crippen LogP contribution in [0, 0.1) is 17.8 Å². The van der Waals surface area contributed by atoms with Crippen LogP contribution in [0.4, 0.5) is 0 Å². The number of hydrogen-bond acceptors (Lipinski definition) is 2. The molecule has 4 heteroatoms. The van der Waals surface area contributed by atoms with Gasteiger partial charge >= 0.3 is 0 Å². The van der Waals surface area contributed by atoms with Crippen LogP contribution in [0.3, 0.4) is 0 Å². The van der Waals surface area contributed by atoms with Crippen LogP contribution in [0.2, 0.25) is 0 Å². The van der Waals surface area contributed by atoms with Gasteiger partial charge in [-0.2, -0.15) is 0 Å². The maximum absolute atomic E-state index is 11.3. The minimum absolute atomic E-state index is 0. The summed E-state index contributed by atoms with van der Waals surface area (Å²) < 4.78 is 0. The zero-order chi connectivity index (χ0) is 10.6. The molecule has 3 nitrogen and oxygen atoms in total. The highest BCUT2D eigenvalue weighted by atomic mass is 35.5. The molecule has 4 aliphatic carbocycles. The van der Waals surface area contributed by atoms with Crippen molar-refractivity contribution in [1.29, 1.82) is 0 Å². The molecule has 4 bridgehead atoms. The van der Waals surface area contributed by atoms with Gasteiger partial charge in [-0.05, 0) is 49.9 Å². The molecule has 3 N–H and O–H groups in total. The van der Waals surface area contributed by atoms with Crippen molar-refractivity contribution < 1.29 is 4.79 Å². The highest BCUT2D eigenvalue weighted by molar-refractivity contribution is 5.85. The summed E-state index contributed by atoms with van der Waals surface area (Å²) in [7, 11) is 0. The molecule has 4 saturated carbocycles. The third kappa shape index (κ3) is 1.74. The van der Waals surface area contributed by atoms with Crippen LogP contribution in [0.5, 0.6) is 0 Å². The van der Waals surface area contributed by atoms with E-state index in [0.717, 1.165) is 18.8 Å². The van der Waals surface area contributed by atoms with Crippen molar-refractivity contribution in [2.24, 2.45) is 23.5 Å². The van der Waals surface area contributed by atoms with Gasteiger partial charge in [0.05, 0.1) is 0 Å². The van der Waals surface area contributed by atoms with Crippen LogP contribution in [-0.4, -0.2) is 17.5 Å². The SMILES string of the molecule is CC(=O)NC12CC3CC(C1)C(N)[C@@H](C3)C2.Cl. The molecule has 4 rings (SSSR count). The molecule has 0 radical (unpaired) electrons. The zero-order valence-corrected chi connectivity index (χ0v) is 10.6. The maximum atomic E-state index is 11.3. The predicted octanol–water partition coefficient (Wildman–Crippen LogP) is 1.45. The summed E-state index contributed by atoms with van der Waals surface area (Å²) in [5, 5.41) is 3.21. The van der Waals surface area contributed by atoms with E-state index in [1.54, 1.807) is 6.92 Å². The Kier molecular flexibility index (Phi) is 2.96. The van der Waals surface area contributed by atoms with Crippen molar-refractivity contribution in [1.82, 2.24) is 5.32 Å². The van der Waals surface area contributed by atoms with Crippen molar-refractivity contribution in [3.05, 3.63) is 0 Å². The number of amides is 1. The molecular formula is C12H21ClN2O. The normalized spacial score (nSPS) is 48.6. The highest BCUT2D eigenvalue weighted by Crippen LogP contribution is 2.55. The second-order valence-corrected chi connectivity index (χ2v) is 6.01. The molecule has 4 aliphatic rings. The molecule has 0 aromatic rings. The van der Waals surface area contributed by atoms with Gasteiger partial charge in [0.1, 0.15) is 0 Å². The van der Waals surface area contributed by atoms with E-state index in [1.165, 1.54) is 19.3 Å². The number of halogens is 1. The summed E-state index contributed by atoms with van der Waals surface area (Å²) in [5.41, 5.74) is 6.37. The zero-order valence-electron chi connectivity index (χ0n) is 9.74. The number of nitrogens with one attached hydrogen (secondary N) is 1. The van der Waals surface area contributed by atoms with Gasteiger partial charge in [0, 0.05) is 18.5 Å². The molecule has 4 fully saturated rings. The quantitative estimate of drug-likeness (QED) is 0.734. The lowest BCUT2D eigenvalue weighted by Gasteiger charge is -2.59. The van der Waals surface area contributed by atoms with E-state index in [0.29, 0.717) is 17.9 Å². The Balaban J connectivity index is 0.000000963. The van der Waals surface area contributed by atoms with Gasteiger partial charge in [-0.1, -0.05) is 0 Å². The fourth-order valence-corrected chi connectivity index (χ4v) is 4.59. The maximum Gasteiger partial charge on any atom is 0.217 e.